The summed E-state index contributed by atoms with van der Waals surface area (Å²) in [5.74, 6) is 0.00778. The van der Waals surface area contributed by atoms with E-state index in [2.05, 4.69) is 15.6 Å². The van der Waals surface area contributed by atoms with Crippen molar-refractivity contribution < 1.29 is 9.59 Å². The Morgan fingerprint density at radius 1 is 1.07 bits per heavy atom. The van der Waals surface area contributed by atoms with E-state index in [4.69, 9.17) is 0 Å². The van der Waals surface area contributed by atoms with Gasteiger partial charge in [0, 0.05) is 37.2 Å². The maximum Gasteiger partial charge on any atom is 0.319 e. The Bertz CT molecular complexity index is 1020. The van der Waals surface area contributed by atoms with Crippen molar-refractivity contribution in [2.24, 2.45) is 0 Å². The summed E-state index contributed by atoms with van der Waals surface area (Å²) in [6.07, 6.45) is 4.10. The van der Waals surface area contributed by atoms with Gasteiger partial charge in [0.25, 0.3) is 0 Å². The van der Waals surface area contributed by atoms with Crippen molar-refractivity contribution in [2.75, 3.05) is 10.2 Å². The Morgan fingerprint density at radius 3 is 2.55 bits per heavy atom. The number of amides is 3. The summed E-state index contributed by atoms with van der Waals surface area (Å²) >= 11 is 0. The second-order valence-electron chi connectivity index (χ2n) is 7.03. The molecule has 6 heteroatoms. The number of aromatic nitrogens is 1. The van der Waals surface area contributed by atoms with Gasteiger partial charge in [-0.2, -0.15) is 0 Å². The molecule has 1 aliphatic rings. The van der Waals surface area contributed by atoms with E-state index in [0.717, 1.165) is 22.4 Å². The highest BCUT2D eigenvalue weighted by molar-refractivity contribution is 5.96. The number of hydrogen-bond acceptors (Lipinski definition) is 3. The molecule has 3 aromatic rings. The number of carbonyl (C=O) groups excluding carboxylic acids is 2. The van der Waals surface area contributed by atoms with Gasteiger partial charge < -0.3 is 15.5 Å². The van der Waals surface area contributed by atoms with Crippen LogP contribution in [0.3, 0.4) is 0 Å². The molecule has 3 amide bonds. The van der Waals surface area contributed by atoms with Crippen LogP contribution in [0.2, 0.25) is 0 Å². The predicted octanol–water partition coefficient (Wildman–Crippen LogP) is 4.05. The van der Waals surface area contributed by atoms with Gasteiger partial charge in [-0.25, -0.2) is 4.79 Å². The van der Waals surface area contributed by atoms with Gasteiger partial charge in [-0.3, -0.25) is 9.78 Å². The lowest BCUT2D eigenvalue weighted by atomic mass is 10.0. The molecule has 0 aliphatic carbocycles. The zero-order valence-corrected chi connectivity index (χ0v) is 16.1. The molecule has 4 rings (SSSR count). The van der Waals surface area contributed by atoms with Gasteiger partial charge in [-0.05, 0) is 53.4 Å². The maximum absolute atomic E-state index is 12.3. The third kappa shape index (κ3) is 4.11. The van der Waals surface area contributed by atoms with Crippen LogP contribution in [0.1, 0.15) is 29.7 Å². The number of anilines is 2. The second-order valence-corrected chi connectivity index (χ2v) is 7.03. The molecule has 0 saturated carbocycles. The van der Waals surface area contributed by atoms with E-state index in [1.54, 1.807) is 19.3 Å². The minimum Gasteiger partial charge on any atom is -0.334 e. The quantitative estimate of drug-likeness (QED) is 0.710. The third-order valence-corrected chi connectivity index (χ3v) is 5.05. The number of nitrogens with one attached hydrogen (secondary N) is 2. The van der Waals surface area contributed by atoms with Crippen molar-refractivity contribution in [3.05, 3.63) is 89.7 Å². The number of benzene rings is 2. The van der Waals surface area contributed by atoms with E-state index >= 15 is 0 Å². The molecule has 1 aliphatic heterocycles. The number of hydrogen-bond donors (Lipinski definition) is 2. The predicted molar refractivity (Wildman–Crippen MR) is 113 cm³/mol. The molecule has 0 spiro atoms. The van der Waals surface area contributed by atoms with Crippen LogP contribution in [0.15, 0.2) is 73.1 Å². The molecule has 2 N–H and O–H groups in total. The largest absolute Gasteiger partial charge is 0.334 e. The summed E-state index contributed by atoms with van der Waals surface area (Å²) in [6.45, 7) is 2.01. The monoisotopic (exact) mass is 386 g/mol. The first-order valence-corrected chi connectivity index (χ1v) is 9.53. The van der Waals surface area contributed by atoms with Crippen molar-refractivity contribution in [3.8, 4) is 0 Å². The SMILES string of the molecule is CC(=O)N1c2ccc(NC(=O)NCc3ccncc3)cc2CC1c1ccccc1. The van der Waals surface area contributed by atoms with Crippen LogP contribution in [0.4, 0.5) is 16.2 Å². The van der Waals surface area contributed by atoms with E-state index in [-0.39, 0.29) is 18.0 Å². The smallest absolute Gasteiger partial charge is 0.319 e. The second kappa shape index (κ2) is 8.14. The molecule has 1 unspecified atom stereocenters. The third-order valence-electron chi connectivity index (χ3n) is 5.05. The van der Waals surface area contributed by atoms with Gasteiger partial charge in [0.15, 0.2) is 0 Å². The summed E-state index contributed by atoms with van der Waals surface area (Å²) in [7, 11) is 0. The van der Waals surface area contributed by atoms with Crippen LogP contribution < -0.4 is 15.5 Å². The average Bonchev–Trinajstić information content (AvgIpc) is 3.13. The van der Waals surface area contributed by atoms with Gasteiger partial charge in [0.2, 0.25) is 5.91 Å². The molecule has 1 atom stereocenters. The molecule has 146 valence electrons. The fourth-order valence-corrected chi connectivity index (χ4v) is 3.72. The van der Waals surface area contributed by atoms with Gasteiger partial charge in [0.05, 0.1) is 6.04 Å². The van der Waals surface area contributed by atoms with Crippen LogP contribution in [0.25, 0.3) is 0 Å². The number of carbonyl (C=O) groups is 2. The summed E-state index contributed by atoms with van der Waals surface area (Å²) in [5.41, 5.74) is 4.72. The zero-order valence-electron chi connectivity index (χ0n) is 16.1. The fourth-order valence-electron chi connectivity index (χ4n) is 3.72. The van der Waals surface area contributed by atoms with E-state index in [9.17, 15) is 9.59 Å². The molecule has 6 nitrogen and oxygen atoms in total. The van der Waals surface area contributed by atoms with Crippen molar-refractivity contribution in [1.29, 1.82) is 0 Å². The van der Waals surface area contributed by atoms with Gasteiger partial charge in [-0.15, -0.1) is 0 Å². The molecule has 0 fully saturated rings. The molecule has 2 heterocycles. The Kier molecular flexibility index (Phi) is 5.24. The van der Waals surface area contributed by atoms with Gasteiger partial charge >= 0.3 is 6.03 Å². The van der Waals surface area contributed by atoms with E-state index in [1.165, 1.54) is 0 Å². The van der Waals surface area contributed by atoms with E-state index in [1.807, 2.05) is 65.6 Å². The molecule has 0 saturated heterocycles. The molecule has 1 aromatic heterocycles. The van der Waals surface area contributed by atoms with Gasteiger partial charge in [-0.1, -0.05) is 30.3 Å². The van der Waals surface area contributed by atoms with Crippen LogP contribution in [0, 0.1) is 0 Å². The van der Waals surface area contributed by atoms with Crippen LogP contribution >= 0.6 is 0 Å². The molecule has 29 heavy (non-hydrogen) atoms. The summed E-state index contributed by atoms with van der Waals surface area (Å²) < 4.78 is 0. The Labute approximate surface area is 169 Å². The first-order chi connectivity index (χ1) is 14.1. The summed E-state index contributed by atoms with van der Waals surface area (Å²) in [5, 5.41) is 5.71. The van der Waals surface area contributed by atoms with Crippen LogP contribution in [-0.4, -0.2) is 16.9 Å². The van der Waals surface area contributed by atoms with Crippen molar-refractivity contribution in [3.63, 3.8) is 0 Å². The minimum atomic E-state index is -0.275. The van der Waals surface area contributed by atoms with Crippen LogP contribution in [0.5, 0.6) is 0 Å². The number of pyridine rings is 1. The summed E-state index contributed by atoms with van der Waals surface area (Å²) in [6, 6.07) is 19.1. The average molecular weight is 386 g/mol. The van der Waals surface area contributed by atoms with E-state index < -0.39 is 0 Å². The van der Waals surface area contributed by atoms with Crippen molar-refractivity contribution in [2.45, 2.75) is 25.9 Å². The molecule has 0 radical (unpaired) electrons. The number of fused-ring (bicyclic) bond motifs is 1. The molecule has 0 bridgehead atoms. The minimum absolute atomic E-state index is 0.00778. The number of urea groups is 1. The van der Waals surface area contributed by atoms with Gasteiger partial charge in [0.1, 0.15) is 0 Å². The molecular weight excluding hydrogens is 364 g/mol. The first kappa shape index (κ1) is 18.7. The summed E-state index contributed by atoms with van der Waals surface area (Å²) in [4.78, 5) is 30.4. The fraction of sp³-hybridized carbons (Fsp3) is 0.174. The normalized spacial score (nSPS) is 14.9. The Hall–Kier alpha value is -3.67. The molecule has 2 aromatic carbocycles. The lowest BCUT2D eigenvalue weighted by Crippen LogP contribution is -2.29. The lowest BCUT2D eigenvalue weighted by molar-refractivity contribution is -0.116. The zero-order chi connectivity index (χ0) is 20.2. The lowest BCUT2D eigenvalue weighted by Gasteiger charge is -2.24. The molecular formula is C23H22N4O2. The van der Waals surface area contributed by atoms with Crippen molar-refractivity contribution in [1.82, 2.24) is 10.3 Å². The Balaban J connectivity index is 1.48. The van der Waals surface area contributed by atoms with Crippen LogP contribution in [-0.2, 0) is 17.8 Å². The number of rotatable bonds is 4. The maximum atomic E-state index is 12.3. The van der Waals surface area contributed by atoms with Crippen molar-refractivity contribution >= 4 is 23.3 Å². The highest BCUT2D eigenvalue weighted by Gasteiger charge is 2.33. The highest BCUT2D eigenvalue weighted by atomic mass is 16.2. The topological polar surface area (TPSA) is 74.3 Å². The van der Waals surface area contributed by atoms with E-state index in [0.29, 0.717) is 18.7 Å². The highest BCUT2D eigenvalue weighted by Crippen LogP contribution is 2.41. The first-order valence-electron chi connectivity index (χ1n) is 9.53. The number of nitrogens with zero attached hydrogens (tertiary/aromatic N) is 2. The Morgan fingerprint density at radius 2 is 1.83 bits per heavy atom. The standard InChI is InChI=1S/C23H22N4O2/c1-16(28)27-21-8-7-20(26-23(29)25-15-17-9-11-24-12-10-17)13-19(21)14-22(27)18-5-3-2-4-6-18/h2-13,22H,14-15H2,1H3,(H2,25,26,29).